The largest absolute Gasteiger partial charge is 0.357 e. The molecule has 0 aromatic heterocycles. The molecule has 0 spiro atoms. The number of hydrogen-bond acceptors (Lipinski definition) is 4. The van der Waals surface area contributed by atoms with E-state index >= 15 is 0 Å². The summed E-state index contributed by atoms with van der Waals surface area (Å²) < 4.78 is 22.9. The van der Waals surface area contributed by atoms with Crippen molar-refractivity contribution in [3.8, 4) is 0 Å². The zero-order valence-electron chi connectivity index (χ0n) is 16.1. The minimum Gasteiger partial charge on any atom is -0.357 e. The average molecular weight is 488 g/mol. The molecule has 1 heterocycles. The van der Waals surface area contributed by atoms with Crippen LogP contribution in [0.2, 0.25) is 0 Å². The van der Waals surface area contributed by atoms with Gasteiger partial charge in [0.25, 0.3) is 0 Å². The molecule has 0 aromatic rings. The van der Waals surface area contributed by atoms with Gasteiger partial charge >= 0.3 is 0 Å². The van der Waals surface area contributed by atoms with Crippen LogP contribution < -0.4 is 10.6 Å². The predicted molar refractivity (Wildman–Crippen MR) is 118 cm³/mol. The first-order chi connectivity index (χ1) is 11.5. The number of nitrogens with zero attached hydrogens (tertiary/aromatic N) is 2. The Kier molecular flexibility index (Phi) is 14.0. The van der Waals surface area contributed by atoms with Crippen molar-refractivity contribution in [3.63, 3.8) is 0 Å². The van der Waals surface area contributed by atoms with Gasteiger partial charge in [0.15, 0.2) is 15.8 Å². The van der Waals surface area contributed by atoms with Crippen LogP contribution in [0.5, 0.6) is 0 Å². The summed E-state index contributed by atoms with van der Waals surface area (Å²) in [6.07, 6.45) is 4.93. The van der Waals surface area contributed by atoms with E-state index in [4.69, 9.17) is 4.99 Å². The van der Waals surface area contributed by atoms with Crippen molar-refractivity contribution in [2.75, 3.05) is 50.8 Å². The zero-order valence-corrected chi connectivity index (χ0v) is 19.2. The highest BCUT2D eigenvalue weighted by Crippen LogP contribution is 2.12. The Balaban J connectivity index is 0.00000576. The number of hydrogen-bond donors (Lipinski definition) is 2. The first-order valence-electron chi connectivity index (χ1n) is 9.45. The third-order valence-corrected chi connectivity index (χ3v) is 6.16. The van der Waals surface area contributed by atoms with Crippen LogP contribution in [0.15, 0.2) is 4.99 Å². The topological polar surface area (TPSA) is 73.8 Å². The minimum absolute atomic E-state index is 0. The molecule has 1 fully saturated rings. The first-order valence-corrected chi connectivity index (χ1v) is 11.3. The second-order valence-corrected chi connectivity index (χ2v) is 8.86. The number of halogens is 1. The van der Waals surface area contributed by atoms with Crippen molar-refractivity contribution in [2.24, 2.45) is 10.9 Å². The van der Waals surface area contributed by atoms with Gasteiger partial charge in [-0.2, -0.15) is 0 Å². The lowest BCUT2D eigenvalue weighted by atomic mass is 10.00. The zero-order chi connectivity index (χ0) is 17.8. The van der Waals surface area contributed by atoms with Gasteiger partial charge in [-0.3, -0.25) is 9.89 Å². The standard InChI is InChI=1S/C17H36N4O2S.HI/c1-4-7-8-16(5-2)15-20-17(18-6-3)19-9-10-21-11-13-24(22,23)14-12-21;/h16H,4-15H2,1-3H3,(H2,18,19,20);1H. The van der Waals surface area contributed by atoms with E-state index in [0.717, 1.165) is 32.1 Å². The Bertz CT molecular complexity index is 457. The van der Waals surface area contributed by atoms with Gasteiger partial charge < -0.3 is 10.6 Å². The van der Waals surface area contributed by atoms with Gasteiger partial charge in [0, 0.05) is 39.3 Å². The van der Waals surface area contributed by atoms with Gasteiger partial charge in [0.2, 0.25) is 0 Å². The summed E-state index contributed by atoms with van der Waals surface area (Å²) in [5.41, 5.74) is 0. The molecule has 0 aromatic carbocycles. The number of nitrogens with one attached hydrogen (secondary N) is 2. The third-order valence-electron chi connectivity index (χ3n) is 4.55. The molecule has 0 amide bonds. The predicted octanol–water partition coefficient (Wildman–Crippen LogP) is 2.11. The van der Waals surface area contributed by atoms with E-state index in [1.807, 2.05) is 0 Å². The molecule has 25 heavy (non-hydrogen) atoms. The van der Waals surface area contributed by atoms with Crippen molar-refractivity contribution in [1.29, 1.82) is 0 Å². The number of rotatable bonds is 10. The molecule has 1 rings (SSSR count). The highest BCUT2D eigenvalue weighted by molar-refractivity contribution is 14.0. The lowest BCUT2D eigenvalue weighted by Crippen LogP contribution is -2.46. The Morgan fingerprint density at radius 3 is 2.40 bits per heavy atom. The normalized spacial score (nSPS) is 19.1. The molecule has 0 bridgehead atoms. The van der Waals surface area contributed by atoms with Crippen LogP contribution in [-0.4, -0.2) is 70.1 Å². The molecule has 1 unspecified atom stereocenters. The van der Waals surface area contributed by atoms with Crippen LogP contribution in [0, 0.1) is 5.92 Å². The Hall–Kier alpha value is -0.0900. The minimum atomic E-state index is -2.79. The highest BCUT2D eigenvalue weighted by Gasteiger charge is 2.20. The molecule has 6 nitrogen and oxygen atoms in total. The number of unbranched alkanes of at least 4 members (excludes halogenated alkanes) is 1. The van der Waals surface area contributed by atoms with Crippen LogP contribution in [-0.2, 0) is 9.84 Å². The summed E-state index contributed by atoms with van der Waals surface area (Å²) in [5, 5.41) is 6.67. The maximum atomic E-state index is 11.4. The van der Waals surface area contributed by atoms with Crippen LogP contribution in [0.25, 0.3) is 0 Å². The van der Waals surface area contributed by atoms with Gasteiger partial charge in [-0.1, -0.05) is 33.1 Å². The molecule has 150 valence electrons. The Morgan fingerprint density at radius 1 is 1.16 bits per heavy atom. The fraction of sp³-hybridized carbons (Fsp3) is 0.941. The van der Waals surface area contributed by atoms with Crippen molar-refractivity contribution in [3.05, 3.63) is 0 Å². The van der Waals surface area contributed by atoms with Gasteiger partial charge in [-0.05, 0) is 19.3 Å². The van der Waals surface area contributed by atoms with Crippen molar-refractivity contribution in [2.45, 2.75) is 46.5 Å². The molecular weight excluding hydrogens is 451 g/mol. The lowest BCUT2D eigenvalue weighted by molar-refractivity contribution is 0.299. The number of guanidine groups is 1. The van der Waals surface area contributed by atoms with Crippen LogP contribution in [0.3, 0.4) is 0 Å². The molecule has 0 radical (unpaired) electrons. The Labute approximate surface area is 171 Å². The van der Waals surface area contributed by atoms with Gasteiger partial charge in [-0.25, -0.2) is 8.42 Å². The monoisotopic (exact) mass is 488 g/mol. The van der Waals surface area contributed by atoms with Gasteiger partial charge in [0.05, 0.1) is 11.5 Å². The second kappa shape index (κ2) is 14.0. The van der Waals surface area contributed by atoms with Crippen molar-refractivity contribution >= 4 is 39.8 Å². The molecule has 1 aliphatic rings. The summed E-state index contributed by atoms with van der Waals surface area (Å²) in [5.74, 6) is 2.11. The van der Waals surface area contributed by atoms with E-state index < -0.39 is 9.84 Å². The summed E-state index contributed by atoms with van der Waals surface area (Å²) in [6.45, 7) is 11.2. The summed E-state index contributed by atoms with van der Waals surface area (Å²) in [7, 11) is -2.79. The number of aliphatic imine (C=N–C) groups is 1. The average Bonchev–Trinajstić information content (AvgIpc) is 2.56. The van der Waals surface area contributed by atoms with Crippen molar-refractivity contribution < 1.29 is 8.42 Å². The molecule has 1 atom stereocenters. The summed E-state index contributed by atoms with van der Waals surface area (Å²) in [6, 6.07) is 0. The van der Waals surface area contributed by atoms with E-state index in [2.05, 4.69) is 36.3 Å². The third kappa shape index (κ3) is 11.3. The quantitative estimate of drug-likeness (QED) is 0.280. The molecule has 2 N–H and O–H groups in total. The lowest BCUT2D eigenvalue weighted by Gasteiger charge is -2.26. The van der Waals surface area contributed by atoms with Gasteiger partial charge in [-0.15, -0.1) is 24.0 Å². The van der Waals surface area contributed by atoms with E-state index in [9.17, 15) is 8.42 Å². The summed E-state index contributed by atoms with van der Waals surface area (Å²) in [4.78, 5) is 6.93. The smallest absolute Gasteiger partial charge is 0.191 e. The number of sulfone groups is 1. The fourth-order valence-electron chi connectivity index (χ4n) is 2.79. The van der Waals surface area contributed by atoms with Crippen LogP contribution in [0.4, 0.5) is 0 Å². The van der Waals surface area contributed by atoms with E-state index in [-0.39, 0.29) is 35.5 Å². The maximum Gasteiger partial charge on any atom is 0.191 e. The molecule has 1 saturated heterocycles. The van der Waals surface area contributed by atoms with Crippen LogP contribution in [0.1, 0.15) is 46.5 Å². The molecule has 0 saturated carbocycles. The molecule has 0 aliphatic carbocycles. The van der Waals surface area contributed by atoms with E-state index in [1.54, 1.807) is 0 Å². The van der Waals surface area contributed by atoms with Crippen molar-refractivity contribution in [1.82, 2.24) is 15.5 Å². The molecule has 8 heteroatoms. The van der Waals surface area contributed by atoms with E-state index in [1.165, 1.54) is 25.7 Å². The van der Waals surface area contributed by atoms with Gasteiger partial charge in [0.1, 0.15) is 0 Å². The first kappa shape index (κ1) is 24.9. The van der Waals surface area contributed by atoms with E-state index in [0.29, 0.717) is 19.0 Å². The fourth-order valence-corrected chi connectivity index (χ4v) is 4.06. The Morgan fingerprint density at radius 2 is 1.84 bits per heavy atom. The molecular formula is C17H37IN4O2S. The summed E-state index contributed by atoms with van der Waals surface area (Å²) >= 11 is 0. The SMILES string of the molecule is CCCCC(CC)CN=C(NCC)NCCN1CCS(=O)(=O)CC1.I. The van der Waals surface area contributed by atoms with Crippen LogP contribution >= 0.6 is 24.0 Å². The molecule has 1 aliphatic heterocycles. The second-order valence-electron chi connectivity index (χ2n) is 6.56. The maximum absolute atomic E-state index is 11.4. The highest BCUT2D eigenvalue weighted by atomic mass is 127.